The summed E-state index contributed by atoms with van der Waals surface area (Å²) in [6.07, 6.45) is 1.90. The van der Waals surface area contributed by atoms with Crippen molar-refractivity contribution in [1.82, 2.24) is 4.98 Å². The van der Waals surface area contributed by atoms with Gasteiger partial charge < -0.3 is 9.47 Å². The van der Waals surface area contributed by atoms with Gasteiger partial charge in [-0.15, -0.1) is 11.3 Å². The maximum absolute atomic E-state index is 5.26. The molecule has 0 N–H and O–H groups in total. The number of thiazole rings is 1. The lowest BCUT2D eigenvalue weighted by atomic mass is 10.2. The summed E-state index contributed by atoms with van der Waals surface area (Å²) in [7, 11) is 3.34. The van der Waals surface area contributed by atoms with Gasteiger partial charge in [-0.05, 0) is 42.0 Å². The van der Waals surface area contributed by atoms with Crippen molar-refractivity contribution in [2.24, 2.45) is 0 Å². The van der Waals surface area contributed by atoms with Crippen LogP contribution in [0.1, 0.15) is 0 Å². The van der Waals surface area contributed by atoms with Crippen LogP contribution in [0.2, 0.25) is 0 Å². The van der Waals surface area contributed by atoms with Crippen LogP contribution in [0.4, 0.5) is 0 Å². The van der Waals surface area contributed by atoms with Gasteiger partial charge in [0.15, 0.2) is 0 Å². The van der Waals surface area contributed by atoms with E-state index in [0.29, 0.717) is 0 Å². The SMILES string of the molecule is COc1ccc(-c2ncc(-c3cccc(OC)c3)s2)cc1. The molecule has 0 spiro atoms. The maximum Gasteiger partial charge on any atom is 0.123 e. The Hall–Kier alpha value is -2.33. The quantitative estimate of drug-likeness (QED) is 0.711. The second-order valence-electron chi connectivity index (χ2n) is 4.49. The van der Waals surface area contributed by atoms with E-state index in [1.165, 1.54) is 0 Å². The van der Waals surface area contributed by atoms with Crippen LogP contribution in [0.5, 0.6) is 11.5 Å². The van der Waals surface area contributed by atoms with Crippen molar-refractivity contribution < 1.29 is 9.47 Å². The van der Waals surface area contributed by atoms with Gasteiger partial charge in [0, 0.05) is 11.8 Å². The fraction of sp³-hybridized carbons (Fsp3) is 0.118. The van der Waals surface area contributed by atoms with Crippen molar-refractivity contribution >= 4 is 11.3 Å². The molecule has 0 bridgehead atoms. The van der Waals surface area contributed by atoms with E-state index in [4.69, 9.17) is 9.47 Å². The van der Waals surface area contributed by atoms with Gasteiger partial charge in [0.25, 0.3) is 0 Å². The molecule has 4 heteroatoms. The van der Waals surface area contributed by atoms with Crippen LogP contribution in [0.15, 0.2) is 54.7 Å². The molecular formula is C17H15NO2S. The Morgan fingerprint density at radius 3 is 2.33 bits per heavy atom. The molecule has 0 aliphatic carbocycles. The Bertz CT molecular complexity index is 735. The van der Waals surface area contributed by atoms with Gasteiger partial charge in [-0.1, -0.05) is 12.1 Å². The minimum atomic E-state index is 0.850. The highest BCUT2D eigenvalue weighted by molar-refractivity contribution is 7.18. The third kappa shape index (κ3) is 2.90. The molecule has 3 nitrogen and oxygen atoms in total. The minimum absolute atomic E-state index is 0.850. The summed E-state index contributed by atoms with van der Waals surface area (Å²) in [5.41, 5.74) is 2.21. The molecule has 3 aromatic rings. The predicted molar refractivity (Wildman–Crippen MR) is 86.1 cm³/mol. The van der Waals surface area contributed by atoms with Crippen LogP contribution in [-0.2, 0) is 0 Å². The highest BCUT2D eigenvalue weighted by Crippen LogP contribution is 2.33. The third-order valence-electron chi connectivity index (χ3n) is 3.20. The monoisotopic (exact) mass is 297 g/mol. The molecule has 0 aliphatic rings. The van der Waals surface area contributed by atoms with Crippen molar-refractivity contribution in [3.63, 3.8) is 0 Å². The smallest absolute Gasteiger partial charge is 0.123 e. The second-order valence-corrected chi connectivity index (χ2v) is 5.52. The summed E-state index contributed by atoms with van der Waals surface area (Å²) in [6, 6.07) is 15.9. The Labute approximate surface area is 127 Å². The van der Waals surface area contributed by atoms with Crippen LogP contribution < -0.4 is 9.47 Å². The summed E-state index contributed by atoms with van der Waals surface area (Å²) in [5.74, 6) is 1.70. The van der Waals surface area contributed by atoms with Crippen molar-refractivity contribution in [2.75, 3.05) is 14.2 Å². The van der Waals surface area contributed by atoms with Gasteiger partial charge >= 0.3 is 0 Å². The summed E-state index contributed by atoms with van der Waals surface area (Å²) >= 11 is 1.66. The lowest BCUT2D eigenvalue weighted by Crippen LogP contribution is -1.82. The van der Waals surface area contributed by atoms with Crippen molar-refractivity contribution in [3.05, 3.63) is 54.7 Å². The van der Waals surface area contributed by atoms with Gasteiger partial charge in [0.05, 0.1) is 19.1 Å². The van der Waals surface area contributed by atoms with E-state index < -0.39 is 0 Å². The van der Waals surface area contributed by atoms with E-state index in [1.807, 2.05) is 48.7 Å². The topological polar surface area (TPSA) is 31.4 Å². The van der Waals surface area contributed by atoms with Gasteiger partial charge in [-0.2, -0.15) is 0 Å². The molecule has 0 saturated heterocycles. The summed E-state index contributed by atoms with van der Waals surface area (Å²) in [6.45, 7) is 0. The Morgan fingerprint density at radius 1 is 0.857 bits per heavy atom. The lowest BCUT2D eigenvalue weighted by Gasteiger charge is -2.01. The molecule has 1 heterocycles. The number of nitrogens with zero attached hydrogens (tertiary/aromatic N) is 1. The summed E-state index contributed by atoms with van der Waals surface area (Å²) in [5, 5.41) is 0.996. The van der Waals surface area contributed by atoms with Crippen LogP contribution in [-0.4, -0.2) is 19.2 Å². The Balaban J connectivity index is 1.91. The zero-order valence-corrected chi connectivity index (χ0v) is 12.7. The highest BCUT2D eigenvalue weighted by Gasteiger charge is 2.07. The summed E-state index contributed by atoms with van der Waals surface area (Å²) in [4.78, 5) is 5.64. The fourth-order valence-corrected chi connectivity index (χ4v) is 2.97. The first-order chi connectivity index (χ1) is 10.3. The van der Waals surface area contributed by atoms with E-state index in [2.05, 4.69) is 11.1 Å². The average molecular weight is 297 g/mol. The van der Waals surface area contributed by atoms with E-state index in [1.54, 1.807) is 25.6 Å². The van der Waals surface area contributed by atoms with Crippen molar-refractivity contribution in [2.45, 2.75) is 0 Å². The van der Waals surface area contributed by atoms with Crippen LogP contribution in [0.3, 0.4) is 0 Å². The normalized spacial score (nSPS) is 10.4. The Morgan fingerprint density at radius 2 is 1.62 bits per heavy atom. The number of ether oxygens (including phenoxy) is 2. The molecule has 21 heavy (non-hydrogen) atoms. The lowest BCUT2D eigenvalue weighted by molar-refractivity contribution is 0.415. The molecule has 0 amide bonds. The summed E-state index contributed by atoms with van der Waals surface area (Å²) < 4.78 is 10.4. The van der Waals surface area contributed by atoms with E-state index in [-0.39, 0.29) is 0 Å². The number of hydrogen-bond donors (Lipinski definition) is 0. The average Bonchev–Trinajstić information content (AvgIpc) is 3.05. The Kier molecular flexibility index (Phi) is 3.88. The van der Waals surface area contributed by atoms with E-state index in [9.17, 15) is 0 Å². The number of methoxy groups -OCH3 is 2. The number of aromatic nitrogens is 1. The molecule has 0 unspecified atom stereocenters. The molecule has 0 fully saturated rings. The van der Waals surface area contributed by atoms with E-state index >= 15 is 0 Å². The van der Waals surface area contributed by atoms with E-state index in [0.717, 1.165) is 32.5 Å². The predicted octanol–water partition coefficient (Wildman–Crippen LogP) is 4.49. The van der Waals surface area contributed by atoms with Crippen LogP contribution in [0, 0.1) is 0 Å². The van der Waals surface area contributed by atoms with Gasteiger partial charge in [-0.3, -0.25) is 0 Å². The zero-order chi connectivity index (χ0) is 14.7. The molecular weight excluding hydrogens is 282 g/mol. The molecule has 0 atom stereocenters. The largest absolute Gasteiger partial charge is 0.497 e. The van der Waals surface area contributed by atoms with Gasteiger partial charge in [0.1, 0.15) is 16.5 Å². The first-order valence-corrected chi connectivity index (χ1v) is 7.36. The van der Waals surface area contributed by atoms with Gasteiger partial charge in [-0.25, -0.2) is 4.98 Å². The minimum Gasteiger partial charge on any atom is -0.497 e. The number of hydrogen-bond acceptors (Lipinski definition) is 4. The maximum atomic E-state index is 5.26. The molecule has 0 saturated carbocycles. The molecule has 3 rings (SSSR count). The molecule has 106 valence electrons. The fourth-order valence-electron chi connectivity index (χ4n) is 2.05. The second kappa shape index (κ2) is 5.97. The molecule has 0 aliphatic heterocycles. The first-order valence-electron chi connectivity index (χ1n) is 6.55. The van der Waals surface area contributed by atoms with Gasteiger partial charge in [0.2, 0.25) is 0 Å². The first kappa shape index (κ1) is 13.6. The van der Waals surface area contributed by atoms with Crippen molar-refractivity contribution in [3.8, 4) is 32.5 Å². The third-order valence-corrected chi connectivity index (χ3v) is 4.29. The van der Waals surface area contributed by atoms with Crippen molar-refractivity contribution in [1.29, 1.82) is 0 Å². The molecule has 0 radical (unpaired) electrons. The standard InChI is InChI=1S/C17H15NO2S/c1-19-14-8-6-12(7-9-14)17-18-11-16(21-17)13-4-3-5-15(10-13)20-2/h3-11H,1-2H3. The highest BCUT2D eigenvalue weighted by atomic mass is 32.1. The van der Waals surface area contributed by atoms with Crippen LogP contribution >= 0.6 is 11.3 Å². The number of rotatable bonds is 4. The molecule has 2 aromatic carbocycles. The number of benzene rings is 2. The zero-order valence-electron chi connectivity index (χ0n) is 11.9. The molecule has 1 aromatic heterocycles. The van der Waals surface area contributed by atoms with Crippen LogP contribution in [0.25, 0.3) is 21.0 Å².